The van der Waals surface area contributed by atoms with Crippen molar-refractivity contribution in [3.05, 3.63) is 34.4 Å². The molecule has 0 aromatic heterocycles. The van der Waals surface area contributed by atoms with Gasteiger partial charge in [0, 0.05) is 6.07 Å². The molecule has 0 aliphatic rings. The van der Waals surface area contributed by atoms with Gasteiger partial charge in [0.05, 0.1) is 11.0 Å². The Hall–Kier alpha value is -1.91. The zero-order valence-electron chi connectivity index (χ0n) is 9.27. The molecule has 5 heteroatoms. The highest BCUT2D eigenvalue weighted by molar-refractivity contribution is 5.85. The van der Waals surface area contributed by atoms with Crippen molar-refractivity contribution < 1.29 is 9.72 Å². The third kappa shape index (κ3) is 2.79. The minimum Gasteiger partial charge on any atom is -0.370 e. The Kier molecular flexibility index (Phi) is 3.99. The second-order valence-electron chi connectivity index (χ2n) is 3.49. The Bertz CT molecular complexity index is 404. The molecule has 1 rings (SSSR count). The lowest BCUT2D eigenvalue weighted by molar-refractivity contribution is -0.384. The fourth-order valence-corrected chi connectivity index (χ4v) is 1.43. The Morgan fingerprint density at radius 2 is 2.12 bits per heavy atom. The molecule has 1 N–H and O–H groups in total. The van der Waals surface area contributed by atoms with Crippen molar-refractivity contribution in [2.24, 2.45) is 0 Å². The predicted octanol–water partition coefficient (Wildman–Crippen LogP) is 2.37. The molecule has 0 heterocycles. The maximum atomic E-state index is 11.2. The van der Waals surface area contributed by atoms with E-state index in [-0.39, 0.29) is 17.5 Å². The number of ketones is 1. The molecule has 0 saturated heterocycles. The van der Waals surface area contributed by atoms with E-state index in [0.717, 1.165) is 0 Å². The van der Waals surface area contributed by atoms with Gasteiger partial charge in [0.2, 0.25) is 0 Å². The van der Waals surface area contributed by atoms with Crippen LogP contribution in [0.4, 0.5) is 11.4 Å². The highest BCUT2D eigenvalue weighted by Gasteiger charge is 2.17. The summed E-state index contributed by atoms with van der Waals surface area (Å²) in [7, 11) is 0. The molecular weight excluding hydrogens is 208 g/mol. The van der Waals surface area contributed by atoms with E-state index in [1.807, 2.05) is 6.92 Å². The lowest BCUT2D eigenvalue weighted by atomic mass is 10.1. The molecule has 0 aliphatic heterocycles. The molecular formula is C11H14N2O3. The van der Waals surface area contributed by atoms with Gasteiger partial charge in [0.25, 0.3) is 5.69 Å². The van der Waals surface area contributed by atoms with E-state index >= 15 is 0 Å². The second-order valence-corrected chi connectivity index (χ2v) is 3.49. The summed E-state index contributed by atoms with van der Waals surface area (Å²) in [4.78, 5) is 21.5. The summed E-state index contributed by atoms with van der Waals surface area (Å²) in [6.45, 7) is 3.32. The topological polar surface area (TPSA) is 72.2 Å². The number of nitro groups is 1. The normalized spacial score (nSPS) is 11.9. The zero-order valence-corrected chi connectivity index (χ0v) is 9.27. The van der Waals surface area contributed by atoms with Crippen molar-refractivity contribution in [3.63, 3.8) is 0 Å². The number of benzene rings is 1. The zero-order chi connectivity index (χ0) is 12.1. The second kappa shape index (κ2) is 5.25. The molecule has 0 radical (unpaired) electrons. The molecule has 1 aromatic rings. The number of carbonyl (C=O) groups is 1. The number of carbonyl (C=O) groups excluding carboxylic acids is 1. The quantitative estimate of drug-likeness (QED) is 0.613. The van der Waals surface area contributed by atoms with Gasteiger partial charge in [-0.3, -0.25) is 14.9 Å². The number of nitrogens with one attached hydrogen (secondary N) is 1. The van der Waals surface area contributed by atoms with E-state index in [0.29, 0.717) is 12.1 Å². The summed E-state index contributed by atoms with van der Waals surface area (Å²) in [5, 5.41) is 13.6. The van der Waals surface area contributed by atoms with Crippen molar-refractivity contribution in [2.45, 2.75) is 26.3 Å². The SMILES string of the molecule is CCC(Nc1ccccc1[N+](=O)[O-])C(C)=O. The first-order chi connectivity index (χ1) is 7.56. The molecule has 1 unspecified atom stereocenters. The first-order valence-corrected chi connectivity index (χ1v) is 5.06. The molecule has 0 fully saturated rings. The Labute approximate surface area is 93.6 Å². The number of nitro benzene ring substituents is 1. The van der Waals surface area contributed by atoms with E-state index < -0.39 is 4.92 Å². The summed E-state index contributed by atoms with van der Waals surface area (Å²) in [5.74, 6) is -0.0272. The average molecular weight is 222 g/mol. The number of para-hydroxylation sites is 2. The van der Waals surface area contributed by atoms with E-state index in [2.05, 4.69) is 5.32 Å². The van der Waals surface area contributed by atoms with Crippen LogP contribution in [-0.2, 0) is 4.79 Å². The number of rotatable bonds is 5. The molecule has 1 aromatic carbocycles. The summed E-state index contributed by atoms with van der Waals surface area (Å²) in [6, 6.07) is 5.93. The van der Waals surface area contributed by atoms with Gasteiger partial charge < -0.3 is 5.32 Å². The van der Waals surface area contributed by atoms with E-state index in [1.165, 1.54) is 13.0 Å². The van der Waals surface area contributed by atoms with Gasteiger partial charge in [-0.05, 0) is 19.4 Å². The van der Waals surface area contributed by atoms with Crippen LogP contribution < -0.4 is 5.32 Å². The number of anilines is 1. The lowest BCUT2D eigenvalue weighted by Crippen LogP contribution is -2.26. The Morgan fingerprint density at radius 3 is 2.62 bits per heavy atom. The van der Waals surface area contributed by atoms with Gasteiger partial charge in [-0.25, -0.2) is 0 Å². The van der Waals surface area contributed by atoms with Crippen LogP contribution in [0, 0.1) is 10.1 Å². The third-order valence-corrected chi connectivity index (χ3v) is 2.33. The number of nitrogens with zero attached hydrogens (tertiary/aromatic N) is 1. The Morgan fingerprint density at radius 1 is 1.50 bits per heavy atom. The minimum absolute atomic E-state index is 0.0119. The van der Waals surface area contributed by atoms with Crippen molar-refractivity contribution in [2.75, 3.05) is 5.32 Å². The molecule has 86 valence electrons. The molecule has 0 amide bonds. The van der Waals surface area contributed by atoms with Crippen LogP contribution in [0.3, 0.4) is 0 Å². The largest absolute Gasteiger partial charge is 0.370 e. The van der Waals surface area contributed by atoms with Crippen LogP contribution in [0.15, 0.2) is 24.3 Å². The van der Waals surface area contributed by atoms with Gasteiger partial charge in [0.15, 0.2) is 5.78 Å². The fourth-order valence-electron chi connectivity index (χ4n) is 1.43. The average Bonchev–Trinajstić information content (AvgIpc) is 2.25. The maximum Gasteiger partial charge on any atom is 0.292 e. The van der Waals surface area contributed by atoms with Crippen molar-refractivity contribution in [1.82, 2.24) is 0 Å². The summed E-state index contributed by atoms with van der Waals surface area (Å²) in [6.07, 6.45) is 0.599. The van der Waals surface area contributed by atoms with Gasteiger partial charge in [0.1, 0.15) is 5.69 Å². The number of Topliss-reactive ketones (excluding diaryl/α,β-unsaturated/α-hetero) is 1. The van der Waals surface area contributed by atoms with Crippen LogP contribution in [0.1, 0.15) is 20.3 Å². The minimum atomic E-state index is -0.463. The monoisotopic (exact) mass is 222 g/mol. The molecule has 0 aliphatic carbocycles. The van der Waals surface area contributed by atoms with E-state index in [1.54, 1.807) is 18.2 Å². The molecule has 0 spiro atoms. The number of hydrogen-bond acceptors (Lipinski definition) is 4. The van der Waals surface area contributed by atoms with Crippen molar-refractivity contribution in [3.8, 4) is 0 Å². The predicted molar refractivity (Wildman–Crippen MR) is 61.5 cm³/mol. The third-order valence-electron chi connectivity index (χ3n) is 2.33. The summed E-state index contributed by atoms with van der Waals surface area (Å²) >= 11 is 0. The van der Waals surface area contributed by atoms with Crippen LogP contribution in [0.25, 0.3) is 0 Å². The van der Waals surface area contributed by atoms with Gasteiger partial charge >= 0.3 is 0 Å². The maximum absolute atomic E-state index is 11.2. The van der Waals surface area contributed by atoms with Gasteiger partial charge in [-0.2, -0.15) is 0 Å². The summed E-state index contributed by atoms with van der Waals surface area (Å²) < 4.78 is 0. The first kappa shape index (κ1) is 12.2. The highest BCUT2D eigenvalue weighted by Crippen LogP contribution is 2.24. The molecule has 5 nitrogen and oxygen atoms in total. The van der Waals surface area contributed by atoms with Crippen LogP contribution in [0.5, 0.6) is 0 Å². The highest BCUT2D eigenvalue weighted by atomic mass is 16.6. The van der Waals surface area contributed by atoms with Crippen molar-refractivity contribution >= 4 is 17.2 Å². The van der Waals surface area contributed by atoms with E-state index in [9.17, 15) is 14.9 Å². The van der Waals surface area contributed by atoms with Crippen LogP contribution >= 0.6 is 0 Å². The first-order valence-electron chi connectivity index (χ1n) is 5.06. The smallest absolute Gasteiger partial charge is 0.292 e. The lowest BCUT2D eigenvalue weighted by Gasteiger charge is -2.14. The summed E-state index contributed by atoms with van der Waals surface area (Å²) in [5.41, 5.74) is 0.372. The van der Waals surface area contributed by atoms with Gasteiger partial charge in [-0.1, -0.05) is 19.1 Å². The standard InChI is InChI=1S/C11H14N2O3/c1-3-9(8(2)14)12-10-6-4-5-7-11(10)13(15)16/h4-7,9,12H,3H2,1-2H3. The molecule has 0 bridgehead atoms. The van der Waals surface area contributed by atoms with Crippen LogP contribution in [0.2, 0.25) is 0 Å². The molecule has 16 heavy (non-hydrogen) atoms. The number of hydrogen-bond donors (Lipinski definition) is 1. The van der Waals surface area contributed by atoms with Crippen LogP contribution in [-0.4, -0.2) is 16.7 Å². The van der Waals surface area contributed by atoms with Gasteiger partial charge in [-0.15, -0.1) is 0 Å². The van der Waals surface area contributed by atoms with E-state index in [4.69, 9.17) is 0 Å². The fraction of sp³-hybridized carbons (Fsp3) is 0.364. The van der Waals surface area contributed by atoms with Crippen molar-refractivity contribution in [1.29, 1.82) is 0 Å². The molecule has 0 saturated carbocycles. The molecule has 1 atom stereocenters. The Balaban J connectivity index is 2.95.